The Morgan fingerprint density at radius 1 is 1.25 bits per heavy atom. The normalized spacial score (nSPS) is 17.1. The van der Waals surface area contributed by atoms with Crippen LogP contribution in [0.25, 0.3) is 0 Å². The Morgan fingerprint density at radius 2 is 1.96 bits per heavy atom. The molecule has 1 aliphatic rings. The zero-order chi connectivity index (χ0) is 17.3. The lowest BCUT2D eigenvalue weighted by molar-refractivity contribution is 0.363. The molecular formula is C17H21Cl2N5. The molecule has 1 fully saturated rings. The van der Waals surface area contributed by atoms with Crippen molar-refractivity contribution < 1.29 is 0 Å². The van der Waals surface area contributed by atoms with Crippen LogP contribution in [-0.2, 0) is 6.42 Å². The molecule has 4 N–H and O–H groups in total. The topological polar surface area (TPSA) is 81.1 Å². The Hall–Kier alpha value is -1.56. The quantitative estimate of drug-likeness (QED) is 0.871. The zero-order valence-electron chi connectivity index (χ0n) is 13.6. The Kier molecular flexibility index (Phi) is 4.85. The number of rotatable bonds is 3. The van der Waals surface area contributed by atoms with Gasteiger partial charge in [-0.3, -0.25) is 4.98 Å². The third kappa shape index (κ3) is 3.74. The number of hydrogen-bond acceptors (Lipinski definition) is 5. The van der Waals surface area contributed by atoms with E-state index in [-0.39, 0.29) is 5.54 Å². The lowest BCUT2D eigenvalue weighted by atomic mass is 9.91. The number of halogens is 2. The molecule has 2 heterocycles. The van der Waals surface area contributed by atoms with Gasteiger partial charge in [0.2, 0.25) is 0 Å². The number of nitrogens with zero attached hydrogens (tertiary/aromatic N) is 3. The fourth-order valence-corrected chi connectivity index (χ4v) is 3.21. The van der Waals surface area contributed by atoms with Crippen molar-refractivity contribution in [3.63, 3.8) is 0 Å². The van der Waals surface area contributed by atoms with Crippen LogP contribution in [0.15, 0.2) is 24.4 Å². The minimum Gasteiger partial charge on any atom is -0.382 e. The maximum atomic E-state index is 6.23. The molecule has 7 heteroatoms. The number of anilines is 2. The summed E-state index contributed by atoms with van der Waals surface area (Å²) in [5, 5.41) is 1.05. The molecule has 0 amide bonds. The summed E-state index contributed by atoms with van der Waals surface area (Å²) in [6.45, 7) is 3.81. The minimum atomic E-state index is -0.0985. The van der Waals surface area contributed by atoms with Crippen LogP contribution in [0, 0.1) is 0 Å². The van der Waals surface area contributed by atoms with Crippen molar-refractivity contribution in [1.82, 2.24) is 9.97 Å². The van der Waals surface area contributed by atoms with Gasteiger partial charge in [0.1, 0.15) is 11.6 Å². The molecule has 128 valence electrons. The first-order valence-corrected chi connectivity index (χ1v) is 8.69. The van der Waals surface area contributed by atoms with E-state index in [0.29, 0.717) is 28.0 Å². The molecule has 0 spiro atoms. The molecule has 24 heavy (non-hydrogen) atoms. The highest BCUT2D eigenvalue weighted by atomic mass is 35.5. The Labute approximate surface area is 152 Å². The van der Waals surface area contributed by atoms with E-state index in [1.165, 1.54) is 0 Å². The Balaban J connectivity index is 1.77. The monoisotopic (exact) mass is 365 g/mol. The standard InChI is InChI=1S/C17H21Cl2N5/c1-17(21)5-7-24(8-6-17)14-10-22-13(16(20)23-14)9-11-3-2-4-12(18)15(11)19/h2-4,10H,5-9,21H2,1H3,(H2,20,23). The van der Waals surface area contributed by atoms with E-state index in [1.807, 2.05) is 12.1 Å². The van der Waals surface area contributed by atoms with Gasteiger partial charge in [-0.05, 0) is 31.4 Å². The van der Waals surface area contributed by atoms with Crippen LogP contribution in [-0.4, -0.2) is 28.6 Å². The maximum absolute atomic E-state index is 6.23. The summed E-state index contributed by atoms with van der Waals surface area (Å²) >= 11 is 12.3. The molecule has 1 saturated heterocycles. The van der Waals surface area contributed by atoms with E-state index in [2.05, 4.69) is 21.8 Å². The van der Waals surface area contributed by atoms with Crippen LogP contribution < -0.4 is 16.4 Å². The first-order valence-electron chi connectivity index (χ1n) is 7.94. The van der Waals surface area contributed by atoms with Crippen molar-refractivity contribution in [3.05, 3.63) is 45.7 Å². The predicted octanol–water partition coefficient (Wildman–Crippen LogP) is 3.27. The van der Waals surface area contributed by atoms with E-state index >= 15 is 0 Å². The van der Waals surface area contributed by atoms with Gasteiger partial charge in [0.15, 0.2) is 0 Å². The Morgan fingerprint density at radius 3 is 2.62 bits per heavy atom. The summed E-state index contributed by atoms with van der Waals surface area (Å²) in [5.41, 5.74) is 13.8. The van der Waals surface area contributed by atoms with Gasteiger partial charge >= 0.3 is 0 Å². The highest BCUT2D eigenvalue weighted by Gasteiger charge is 2.26. The molecule has 5 nitrogen and oxygen atoms in total. The average Bonchev–Trinajstić information content (AvgIpc) is 2.53. The van der Waals surface area contributed by atoms with Gasteiger partial charge in [-0.2, -0.15) is 0 Å². The van der Waals surface area contributed by atoms with Crippen molar-refractivity contribution >= 4 is 34.8 Å². The van der Waals surface area contributed by atoms with Gasteiger partial charge in [-0.25, -0.2) is 4.98 Å². The van der Waals surface area contributed by atoms with Gasteiger partial charge in [0.25, 0.3) is 0 Å². The first-order chi connectivity index (χ1) is 11.4. The molecule has 1 aliphatic heterocycles. The summed E-state index contributed by atoms with van der Waals surface area (Å²) in [6, 6.07) is 5.53. The van der Waals surface area contributed by atoms with E-state index in [0.717, 1.165) is 37.3 Å². The largest absolute Gasteiger partial charge is 0.382 e. The lowest BCUT2D eigenvalue weighted by Gasteiger charge is -2.37. The van der Waals surface area contributed by atoms with Crippen LogP contribution in [0.2, 0.25) is 10.0 Å². The molecule has 1 aromatic heterocycles. The summed E-state index contributed by atoms with van der Waals surface area (Å²) < 4.78 is 0. The van der Waals surface area contributed by atoms with Crippen molar-refractivity contribution in [3.8, 4) is 0 Å². The maximum Gasteiger partial charge on any atom is 0.149 e. The summed E-state index contributed by atoms with van der Waals surface area (Å²) in [6.07, 6.45) is 4.12. The van der Waals surface area contributed by atoms with Crippen molar-refractivity contribution in [2.24, 2.45) is 5.73 Å². The molecule has 2 aromatic rings. The fraction of sp³-hybridized carbons (Fsp3) is 0.412. The van der Waals surface area contributed by atoms with Crippen LogP contribution in [0.1, 0.15) is 31.0 Å². The third-order valence-electron chi connectivity index (χ3n) is 4.49. The second kappa shape index (κ2) is 6.75. The van der Waals surface area contributed by atoms with E-state index in [1.54, 1.807) is 12.3 Å². The lowest BCUT2D eigenvalue weighted by Crippen LogP contribution is -2.48. The number of nitrogen functional groups attached to an aromatic ring is 1. The van der Waals surface area contributed by atoms with E-state index in [9.17, 15) is 0 Å². The van der Waals surface area contributed by atoms with Gasteiger partial charge in [0.05, 0.1) is 21.9 Å². The van der Waals surface area contributed by atoms with Crippen molar-refractivity contribution in [2.75, 3.05) is 23.7 Å². The number of nitrogens with two attached hydrogens (primary N) is 2. The highest BCUT2D eigenvalue weighted by molar-refractivity contribution is 6.42. The van der Waals surface area contributed by atoms with Gasteiger partial charge < -0.3 is 16.4 Å². The summed E-state index contributed by atoms with van der Waals surface area (Å²) in [5.74, 6) is 1.22. The first kappa shape index (κ1) is 17.3. The minimum absolute atomic E-state index is 0.0985. The molecule has 0 bridgehead atoms. The SMILES string of the molecule is CC1(N)CCN(c2cnc(Cc3cccc(Cl)c3Cl)c(N)n2)CC1. The number of aromatic nitrogens is 2. The molecule has 0 unspecified atom stereocenters. The molecular weight excluding hydrogens is 345 g/mol. The number of hydrogen-bond donors (Lipinski definition) is 2. The second-order valence-electron chi connectivity index (χ2n) is 6.59. The second-order valence-corrected chi connectivity index (χ2v) is 7.38. The van der Waals surface area contributed by atoms with Gasteiger partial charge in [-0.1, -0.05) is 35.3 Å². The fourth-order valence-electron chi connectivity index (χ4n) is 2.82. The Bertz CT molecular complexity index is 738. The van der Waals surface area contributed by atoms with E-state index in [4.69, 9.17) is 34.7 Å². The zero-order valence-corrected chi connectivity index (χ0v) is 15.1. The van der Waals surface area contributed by atoms with Gasteiger partial charge in [0, 0.05) is 25.0 Å². The molecule has 0 atom stereocenters. The molecule has 0 radical (unpaired) electrons. The predicted molar refractivity (Wildman–Crippen MR) is 99.8 cm³/mol. The van der Waals surface area contributed by atoms with E-state index < -0.39 is 0 Å². The highest BCUT2D eigenvalue weighted by Crippen LogP contribution is 2.29. The molecule has 3 rings (SSSR count). The number of piperidine rings is 1. The van der Waals surface area contributed by atoms with Crippen LogP contribution in [0.5, 0.6) is 0 Å². The summed E-state index contributed by atoms with van der Waals surface area (Å²) in [7, 11) is 0. The number of benzene rings is 1. The molecule has 0 aliphatic carbocycles. The van der Waals surface area contributed by atoms with Crippen molar-refractivity contribution in [1.29, 1.82) is 0 Å². The summed E-state index contributed by atoms with van der Waals surface area (Å²) in [4.78, 5) is 11.2. The smallest absolute Gasteiger partial charge is 0.149 e. The van der Waals surface area contributed by atoms with Gasteiger partial charge in [-0.15, -0.1) is 0 Å². The van der Waals surface area contributed by atoms with Crippen LogP contribution in [0.3, 0.4) is 0 Å². The third-order valence-corrected chi connectivity index (χ3v) is 5.34. The average molecular weight is 366 g/mol. The van der Waals surface area contributed by atoms with Crippen molar-refractivity contribution in [2.45, 2.75) is 31.7 Å². The van der Waals surface area contributed by atoms with Crippen LogP contribution >= 0.6 is 23.2 Å². The van der Waals surface area contributed by atoms with Crippen LogP contribution in [0.4, 0.5) is 11.6 Å². The molecule has 1 aromatic carbocycles. The molecule has 0 saturated carbocycles.